The third-order valence-electron chi connectivity index (χ3n) is 2.66. The summed E-state index contributed by atoms with van der Waals surface area (Å²) in [5.41, 5.74) is 0.839. The van der Waals surface area contributed by atoms with Gasteiger partial charge in [-0.05, 0) is 39.7 Å². The predicted molar refractivity (Wildman–Crippen MR) is 67.9 cm³/mol. The molecule has 1 amide bonds. The second-order valence-corrected chi connectivity index (χ2v) is 5.71. The molecule has 0 bridgehead atoms. The fourth-order valence-electron chi connectivity index (χ4n) is 1.59. The van der Waals surface area contributed by atoms with Crippen molar-refractivity contribution in [3.8, 4) is 0 Å². The number of carboxylic acid groups (broad SMARTS) is 1. The molecule has 4 nitrogen and oxygen atoms in total. The van der Waals surface area contributed by atoms with Gasteiger partial charge in [0.15, 0.2) is 0 Å². The molecule has 17 heavy (non-hydrogen) atoms. The van der Waals surface area contributed by atoms with Gasteiger partial charge in [-0.3, -0.25) is 9.59 Å². The minimum absolute atomic E-state index is 0.0330. The van der Waals surface area contributed by atoms with Crippen LogP contribution < -0.4 is 5.32 Å². The second kappa shape index (κ2) is 5.18. The van der Waals surface area contributed by atoms with Crippen LogP contribution in [-0.4, -0.2) is 17.0 Å². The van der Waals surface area contributed by atoms with Gasteiger partial charge in [0, 0.05) is 15.8 Å². The Labute approximate surface area is 111 Å². The Kier molecular flexibility index (Phi) is 3.83. The van der Waals surface area contributed by atoms with Crippen LogP contribution in [0.25, 0.3) is 0 Å². The molecule has 1 fully saturated rings. The Morgan fingerprint density at radius 2 is 2.24 bits per heavy atom. The van der Waals surface area contributed by atoms with Crippen molar-refractivity contribution in [3.05, 3.63) is 20.8 Å². The van der Waals surface area contributed by atoms with Crippen molar-refractivity contribution in [2.45, 2.75) is 25.3 Å². The molecule has 1 atom stereocenters. The summed E-state index contributed by atoms with van der Waals surface area (Å²) in [6.45, 7) is 0. The highest BCUT2D eigenvalue weighted by Crippen LogP contribution is 2.33. The van der Waals surface area contributed by atoms with Crippen molar-refractivity contribution in [2.75, 3.05) is 0 Å². The SMILES string of the molecule is O=C(O)CC(NC(=O)C1CC1)c1cscc1Br. The van der Waals surface area contributed by atoms with Gasteiger partial charge < -0.3 is 10.4 Å². The second-order valence-electron chi connectivity index (χ2n) is 4.11. The Morgan fingerprint density at radius 1 is 1.53 bits per heavy atom. The van der Waals surface area contributed by atoms with E-state index in [1.165, 1.54) is 11.3 Å². The molecule has 1 aromatic rings. The zero-order valence-corrected chi connectivity index (χ0v) is 11.4. The average molecular weight is 318 g/mol. The van der Waals surface area contributed by atoms with E-state index in [2.05, 4.69) is 21.2 Å². The molecule has 0 aromatic carbocycles. The number of carbonyl (C=O) groups is 2. The Bertz CT molecular complexity index is 442. The van der Waals surface area contributed by atoms with Crippen LogP contribution in [0.3, 0.4) is 0 Å². The van der Waals surface area contributed by atoms with Crippen LogP contribution in [-0.2, 0) is 9.59 Å². The topological polar surface area (TPSA) is 66.4 Å². The molecule has 6 heteroatoms. The monoisotopic (exact) mass is 317 g/mol. The highest BCUT2D eigenvalue weighted by Gasteiger charge is 2.32. The molecule has 2 rings (SSSR count). The summed E-state index contributed by atoms with van der Waals surface area (Å²) in [6.07, 6.45) is 1.74. The quantitative estimate of drug-likeness (QED) is 0.877. The van der Waals surface area contributed by atoms with Gasteiger partial charge >= 0.3 is 5.97 Å². The first kappa shape index (κ1) is 12.6. The molecular weight excluding hydrogens is 306 g/mol. The fourth-order valence-corrected chi connectivity index (χ4v) is 3.22. The minimum atomic E-state index is -0.913. The summed E-state index contributed by atoms with van der Waals surface area (Å²) in [5, 5.41) is 15.4. The number of aliphatic carboxylic acids is 1. The van der Waals surface area contributed by atoms with Crippen molar-refractivity contribution >= 4 is 39.1 Å². The number of amides is 1. The summed E-state index contributed by atoms with van der Waals surface area (Å²) < 4.78 is 0.852. The lowest BCUT2D eigenvalue weighted by Crippen LogP contribution is -2.31. The summed E-state index contributed by atoms with van der Waals surface area (Å²) in [7, 11) is 0. The number of hydrogen-bond donors (Lipinski definition) is 2. The number of nitrogens with one attached hydrogen (secondary N) is 1. The molecule has 92 valence electrons. The van der Waals surface area contributed by atoms with Gasteiger partial charge in [-0.15, -0.1) is 0 Å². The maximum Gasteiger partial charge on any atom is 0.305 e. The van der Waals surface area contributed by atoms with E-state index in [1.807, 2.05) is 10.8 Å². The van der Waals surface area contributed by atoms with Gasteiger partial charge in [-0.1, -0.05) is 0 Å². The molecule has 0 aliphatic heterocycles. The number of carbonyl (C=O) groups excluding carboxylic acids is 1. The van der Waals surface area contributed by atoms with Crippen LogP contribution in [0, 0.1) is 5.92 Å². The maximum atomic E-state index is 11.7. The van der Waals surface area contributed by atoms with Crippen molar-refractivity contribution in [1.29, 1.82) is 0 Å². The summed E-state index contributed by atoms with van der Waals surface area (Å²) >= 11 is 4.85. The first-order valence-electron chi connectivity index (χ1n) is 5.31. The number of carboxylic acids is 1. The first-order chi connectivity index (χ1) is 8.08. The van der Waals surface area contributed by atoms with Gasteiger partial charge in [0.25, 0.3) is 0 Å². The highest BCUT2D eigenvalue weighted by molar-refractivity contribution is 9.10. The highest BCUT2D eigenvalue weighted by atomic mass is 79.9. The van der Waals surface area contributed by atoms with Crippen molar-refractivity contribution in [2.24, 2.45) is 5.92 Å². The number of rotatable bonds is 5. The predicted octanol–water partition coefficient (Wildman–Crippen LogP) is 2.55. The zero-order valence-electron chi connectivity index (χ0n) is 8.98. The van der Waals surface area contributed by atoms with Gasteiger partial charge in [0.1, 0.15) is 0 Å². The molecule has 0 radical (unpaired) electrons. The summed E-state index contributed by atoms with van der Waals surface area (Å²) in [6, 6.07) is -0.443. The molecule has 2 N–H and O–H groups in total. The molecule has 0 saturated heterocycles. The normalized spacial score (nSPS) is 16.5. The van der Waals surface area contributed by atoms with Crippen LogP contribution in [0.1, 0.15) is 30.9 Å². The van der Waals surface area contributed by atoms with E-state index in [1.54, 1.807) is 0 Å². The lowest BCUT2D eigenvalue weighted by molar-refractivity contribution is -0.137. The standard InChI is InChI=1S/C11H12BrNO3S/c12-8-5-17-4-7(8)9(3-10(14)15)13-11(16)6-1-2-6/h4-6,9H,1-3H2,(H,13,16)(H,14,15). The van der Waals surface area contributed by atoms with Crippen LogP contribution in [0.2, 0.25) is 0 Å². The van der Waals surface area contributed by atoms with E-state index in [4.69, 9.17) is 5.11 Å². The Morgan fingerprint density at radius 3 is 2.71 bits per heavy atom. The molecule has 1 unspecified atom stereocenters. The zero-order chi connectivity index (χ0) is 12.4. The van der Waals surface area contributed by atoms with Gasteiger partial charge in [-0.2, -0.15) is 11.3 Å². The van der Waals surface area contributed by atoms with E-state index in [0.717, 1.165) is 22.9 Å². The lowest BCUT2D eigenvalue weighted by atomic mass is 10.1. The summed E-state index contributed by atoms with van der Waals surface area (Å²) in [4.78, 5) is 22.5. The van der Waals surface area contributed by atoms with Crippen LogP contribution in [0.5, 0.6) is 0 Å². The lowest BCUT2D eigenvalue weighted by Gasteiger charge is -2.16. The maximum absolute atomic E-state index is 11.7. The Hall–Kier alpha value is -0.880. The third kappa shape index (κ3) is 3.29. The number of halogens is 1. The van der Waals surface area contributed by atoms with Crippen molar-refractivity contribution in [3.63, 3.8) is 0 Å². The average Bonchev–Trinajstić information content (AvgIpc) is 3.00. The molecular formula is C11H12BrNO3S. The van der Waals surface area contributed by atoms with Crippen molar-refractivity contribution in [1.82, 2.24) is 5.32 Å². The number of thiophene rings is 1. The smallest absolute Gasteiger partial charge is 0.305 e. The number of hydrogen-bond acceptors (Lipinski definition) is 3. The van der Waals surface area contributed by atoms with Crippen molar-refractivity contribution < 1.29 is 14.7 Å². The summed E-state index contributed by atoms with van der Waals surface area (Å²) in [5.74, 6) is -0.859. The fraction of sp³-hybridized carbons (Fsp3) is 0.455. The van der Waals surface area contributed by atoms with Gasteiger partial charge in [0.05, 0.1) is 12.5 Å². The van der Waals surface area contributed by atoms with Gasteiger partial charge in [0.2, 0.25) is 5.91 Å². The van der Waals surface area contributed by atoms with E-state index in [9.17, 15) is 9.59 Å². The van der Waals surface area contributed by atoms with Crippen LogP contribution in [0.4, 0.5) is 0 Å². The van der Waals surface area contributed by atoms with Crippen LogP contribution in [0.15, 0.2) is 15.2 Å². The largest absolute Gasteiger partial charge is 0.481 e. The van der Waals surface area contributed by atoms with Gasteiger partial charge in [-0.25, -0.2) is 0 Å². The van der Waals surface area contributed by atoms with E-state index >= 15 is 0 Å². The third-order valence-corrected chi connectivity index (χ3v) is 4.41. The first-order valence-corrected chi connectivity index (χ1v) is 7.05. The molecule has 1 aliphatic rings. The molecule has 0 spiro atoms. The molecule has 1 aliphatic carbocycles. The molecule has 1 heterocycles. The van der Waals surface area contributed by atoms with E-state index in [0.29, 0.717) is 0 Å². The van der Waals surface area contributed by atoms with E-state index < -0.39 is 12.0 Å². The van der Waals surface area contributed by atoms with E-state index in [-0.39, 0.29) is 18.2 Å². The minimum Gasteiger partial charge on any atom is -0.481 e. The molecule has 1 saturated carbocycles. The van der Waals surface area contributed by atoms with Crippen LogP contribution >= 0.6 is 27.3 Å². The Balaban J connectivity index is 2.09. The molecule has 1 aromatic heterocycles.